The fourth-order valence-electron chi connectivity index (χ4n) is 2.21. The first-order valence-corrected chi connectivity index (χ1v) is 6.86. The molecule has 2 rings (SSSR count). The van der Waals surface area contributed by atoms with Crippen LogP contribution in [0.3, 0.4) is 0 Å². The lowest BCUT2D eigenvalue weighted by Crippen LogP contribution is -2.43. The van der Waals surface area contributed by atoms with E-state index in [4.69, 9.17) is 4.74 Å². The van der Waals surface area contributed by atoms with E-state index in [0.29, 0.717) is 24.6 Å². The van der Waals surface area contributed by atoms with E-state index in [-0.39, 0.29) is 12.0 Å². The maximum absolute atomic E-state index is 12.0. The van der Waals surface area contributed by atoms with Crippen molar-refractivity contribution in [3.8, 4) is 5.75 Å². The molecule has 1 atom stereocenters. The van der Waals surface area contributed by atoms with Crippen LogP contribution in [0.15, 0.2) is 30.3 Å². The second-order valence-electron chi connectivity index (χ2n) is 5.06. The molecule has 104 valence electrons. The monoisotopic (exact) mass is 263 g/mol. The molecule has 2 N–H and O–H groups in total. The van der Waals surface area contributed by atoms with Crippen LogP contribution < -0.4 is 10.1 Å². The van der Waals surface area contributed by atoms with Gasteiger partial charge in [0.1, 0.15) is 5.75 Å². The zero-order valence-corrected chi connectivity index (χ0v) is 11.2. The Morgan fingerprint density at radius 1 is 1.42 bits per heavy atom. The van der Waals surface area contributed by atoms with E-state index in [1.54, 1.807) is 0 Å². The average molecular weight is 263 g/mol. The van der Waals surface area contributed by atoms with Crippen LogP contribution >= 0.6 is 0 Å². The lowest BCUT2D eigenvalue weighted by molar-refractivity contribution is -0.128. The predicted molar refractivity (Wildman–Crippen MR) is 72.9 cm³/mol. The first-order chi connectivity index (χ1) is 9.19. The molecule has 1 aliphatic rings. The molecule has 19 heavy (non-hydrogen) atoms. The molecule has 1 aromatic carbocycles. The summed E-state index contributed by atoms with van der Waals surface area (Å²) in [6.07, 6.45) is 1.58. The second-order valence-corrected chi connectivity index (χ2v) is 5.06. The van der Waals surface area contributed by atoms with E-state index in [2.05, 4.69) is 5.32 Å². The first-order valence-electron chi connectivity index (χ1n) is 6.86. The van der Waals surface area contributed by atoms with E-state index in [1.165, 1.54) is 0 Å². The third-order valence-corrected chi connectivity index (χ3v) is 3.46. The summed E-state index contributed by atoms with van der Waals surface area (Å²) in [6, 6.07) is 9.37. The number of rotatable bonds is 6. The highest BCUT2D eigenvalue weighted by Gasteiger charge is 2.28. The van der Waals surface area contributed by atoms with Crippen molar-refractivity contribution in [1.82, 2.24) is 5.32 Å². The second kappa shape index (κ2) is 6.57. The highest BCUT2D eigenvalue weighted by atomic mass is 16.5. The van der Waals surface area contributed by atoms with Crippen LogP contribution in [0, 0.1) is 5.92 Å². The first kappa shape index (κ1) is 13.9. The number of hydrogen-bond acceptors (Lipinski definition) is 3. The Labute approximate surface area is 113 Å². The van der Waals surface area contributed by atoms with Crippen LogP contribution in [0.25, 0.3) is 0 Å². The molecule has 1 unspecified atom stereocenters. The van der Waals surface area contributed by atoms with E-state index in [9.17, 15) is 9.90 Å². The van der Waals surface area contributed by atoms with Gasteiger partial charge in [0.25, 0.3) is 5.91 Å². The van der Waals surface area contributed by atoms with Crippen molar-refractivity contribution in [2.45, 2.75) is 38.4 Å². The number of para-hydroxylation sites is 1. The van der Waals surface area contributed by atoms with Gasteiger partial charge in [-0.15, -0.1) is 0 Å². The van der Waals surface area contributed by atoms with Gasteiger partial charge >= 0.3 is 0 Å². The largest absolute Gasteiger partial charge is 0.481 e. The minimum atomic E-state index is -0.451. The quantitative estimate of drug-likeness (QED) is 0.821. The van der Waals surface area contributed by atoms with Gasteiger partial charge in [-0.2, -0.15) is 0 Å². The Morgan fingerprint density at radius 3 is 2.68 bits per heavy atom. The summed E-state index contributed by atoms with van der Waals surface area (Å²) >= 11 is 0. The number of amides is 1. The van der Waals surface area contributed by atoms with E-state index < -0.39 is 6.10 Å². The van der Waals surface area contributed by atoms with Crippen LogP contribution in [0.1, 0.15) is 26.2 Å². The van der Waals surface area contributed by atoms with Crippen LogP contribution in [-0.4, -0.2) is 29.8 Å². The number of aliphatic hydroxyl groups excluding tert-OH is 1. The number of ether oxygens (including phenoxy) is 1. The molecule has 4 nitrogen and oxygen atoms in total. The highest BCUT2D eigenvalue weighted by Crippen LogP contribution is 2.26. The van der Waals surface area contributed by atoms with E-state index in [1.807, 2.05) is 37.3 Å². The third kappa shape index (κ3) is 3.96. The minimum absolute atomic E-state index is 0.0762. The van der Waals surface area contributed by atoms with Gasteiger partial charge < -0.3 is 15.2 Å². The van der Waals surface area contributed by atoms with Crippen LogP contribution in [0.4, 0.5) is 0 Å². The van der Waals surface area contributed by atoms with Crippen LogP contribution in [0.2, 0.25) is 0 Å². The molecule has 1 aliphatic carbocycles. The van der Waals surface area contributed by atoms with Crippen LogP contribution in [-0.2, 0) is 4.79 Å². The summed E-state index contributed by atoms with van der Waals surface area (Å²) in [6.45, 7) is 2.56. The molecule has 0 aliphatic heterocycles. The number of carbonyl (C=O) groups is 1. The topological polar surface area (TPSA) is 58.6 Å². The number of carbonyl (C=O) groups excluding carboxylic acids is 1. The Balaban J connectivity index is 1.78. The number of aliphatic hydroxyl groups is 1. The zero-order chi connectivity index (χ0) is 13.7. The molecule has 4 heteroatoms. The van der Waals surface area contributed by atoms with Crippen LogP contribution in [0.5, 0.6) is 5.75 Å². The molecule has 0 radical (unpaired) electrons. The molecule has 1 amide bonds. The lowest BCUT2D eigenvalue weighted by atomic mass is 9.82. The maximum atomic E-state index is 12.0. The summed E-state index contributed by atoms with van der Waals surface area (Å²) in [5, 5.41) is 12.1. The molecule has 0 saturated heterocycles. The standard InChI is InChI=1S/C15H21NO3/c1-2-14(19-13-6-4-3-5-7-13)15(18)16-10-11-8-12(17)9-11/h3-7,11-12,14,17H,2,8-10H2,1H3,(H,16,18). The SMILES string of the molecule is CCC(Oc1ccccc1)C(=O)NCC1CC(O)C1. The summed E-state index contributed by atoms with van der Waals surface area (Å²) in [7, 11) is 0. The molecule has 0 heterocycles. The average Bonchev–Trinajstić information content (AvgIpc) is 2.40. The van der Waals surface area contributed by atoms with Crippen molar-refractivity contribution in [2.24, 2.45) is 5.92 Å². The summed E-state index contributed by atoms with van der Waals surface area (Å²) in [5.41, 5.74) is 0. The molecular weight excluding hydrogens is 242 g/mol. The van der Waals surface area contributed by atoms with Gasteiger partial charge in [0, 0.05) is 6.54 Å². The van der Waals surface area contributed by atoms with Crippen molar-refractivity contribution in [1.29, 1.82) is 0 Å². The third-order valence-electron chi connectivity index (χ3n) is 3.46. The normalized spacial score (nSPS) is 23.3. The van der Waals surface area contributed by atoms with Crippen molar-refractivity contribution in [3.05, 3.63) is 30.3 Å². The zero-order valence-electron chi connectivity index (χ0n) is 11.2. The Morgan fingerprint density at radius 2 is 2.11 bits per heavy atom. The van der Waals surface area contributed by atoms with Gasteiger partial charge in [-0.1, -0.05) is 25.1 Å². The molecule has 1 saturated carbocycles. The van der Waals surface area contributed by atoms with Crippen molar-refractivity contribution >= 4 is 5.91 Å². The fourth-order valence-corrected chi connectivity index (χ4v) is 2.21. The van der Waals surface area contributed by atoms with E-state index in [0.717, 1.165) is 12.8 Å². The van der Waals surface area contributed by atoms with Crippen molar-refractivity contribution in [3.63, 3.8) is 0 Å². The lowest BCUT2D eigenvalue weighted by Gasteiger charge is -2.31. The number of benzene rings is 1. The molecule has 1 fully saturated rings. The summed E-state index contributed by atoms with van der Waals surface area (Å²) < 4.78 is 5.67. The number of hydrogen-bond donors (Lipinski definition) is 2. The molecule has 0 spiro atoms. The Hall–Kier alpha value is -1.55. The molecule has 0 aromatic heterocycles. The van der Waals surface area contributed by atoms with Crippen molar-refractivity contribution in [2.75, 3.05) is 6.54 Å². The summed E-state index contributed by atoms with van der Waals surface area (Å²) in [5.74, 6) is 1.05. The molecular formula is C15H21NO3. The minimum Gasteiger partial charge on any atom is -0.481 e. The fraction of sp³-hybridized carbons (Fsp3) is 0.533. The van der Waals surface area contributed by atoms with Gasteiger partial charge in [-0.3, -0.25) is 4.79 Å². The van der Waals surface area contributed by atoms with Gasteiger partial charge in [-0.05, 0) is 37.3 Å². The van der Waals surface area contributed by atoms with Gasteiger partial charge in [0.2, 0.25) is 0 Å². The highest BCUT2D eigenvalue weighted by molar-refractivity contribution is 5.81. The van der Waals surface area contributed by atoms with Gasteiger partial charge in [0.05, 0.1) is 6.10 Å². The smallest absolute Gasteiger partial charge is 0.261 e. The number of nitrogens with one attached hydrogen (secondary N) is 1. The van der Waals surface area contributed by atoms with Gasteiger partial charge in [0.15, 0.2) is 6.10 Å². The Kier molecular flexibility index (Phi) is 4.80. The van der Waals surface area contributed by atoms with E-state index >= 15 is 0 Å². The van der Waals surface area contributed by atoms with Crippen molar-refractivity contribution < 1.29 is 14.6 Å². The predicted octanol–water partition coefficient (Wildman–Crippen LogP) is 1.73. The van der Waals surface area contributed by atoms with Gasteiger partial charge in [-0.25, -0.2) is 0 Å². The summed E-state index contributed by atoms with van der Waals surface area (Å²) in [4.78, 5) is 12.0. The molecule has 0 bridgehead atoms. The molecule has 1 aromatic rings. The Bertz CT molecular complexity index is 401. The maximum Gasteiger partial charge on any atom is 0.261 e.